The zero-order valence-corrected chi connectivity index (χ0v) is 9.47. The summed E-state index contributed by atoms with van der Waals surface area (Å²) in [6.07, 6.45) is 1.58. The molecule has 1 rings (SSSR count). The van der Waals surface area contributed by atoms with Crippen LogP contribution in [0, 0.1) is 18.8 Å². The molecule has 1 aromatic rings. The molecule has 1 N–H and O–H groups in total. The summed E-state index contributed by atoms with van der Waals surface area (Å²) in [7, 11) is 0. The van der Waals surface area contributed by atoms with Crippen LogP contribution in [0.2, 0.25) is 0 Å². The fraction of sp³-hybridized carbons (Fsp3) is 0.200. The normalized spacial score (nSPS) is 8.79. The Kier molecular flexibility index (Phi) is 3.66. The van der Waals surface area contributed by atoms with Crippen molar-refractivity contribution in [2.24, 2.45) is 0 Å². The molecule has 0 radical (unpaired) electrons. The van der Waals surface area contributed by atoms with Gasteiger partial charge in [0.15, 0.2) is 0 Å². The van der Waals surface area contributed by atoms with Crippen molar-refractivity contribution in [2.75, 3.05) is 5.32 Å². The number of carbonyl (C=O) groups excluding carboxylic acids is 1. The van der Waals surface area contributed by atoms with Crippen LogP contribution in [-0.2, 0) is 4.79 Å². The molecule has 0 unspecified atom stereocenters. The van der Waals surface area contributed by atoms with Gasteiger partial charge in [-0.25, -0.2) is 4.98 Å². The predicted molar refractivity (Wildman–Crippen MR) is 58.8 cm³/mol. The van der Waals surface area contributed by atoms with Gasteiger partial charge in [-0.05, 0) is 47.3 Å². The zero-order valence-electron chi connectivity index (χ0n) is 7.89. The molecule has 0 fully saturated rings. The van der Waals surface area contributed by atoms with Crippen LogP contribution < -0.4 is 5.32 Å². The first kappa shape index (κ1) is 10.7. The van der Waals surface area contributed by atoms with Gasteiger partial charge in [0, 0.05) is 0 Å². The number of nitrogens with zero attached hydrogens (tertiary/aromatic N) is 1. The summed E-state index contributed by atoms with van der Waals surface area (Å²) in [5.74, 6) is 4.59. The molecule has 14 heavy (non-hydrogen) atoms. The molecule has 0 saturated carbocycles. The van der Waals surface area contributed by atoms with Gasteiger partial charge in [-0.15, -0.1) is 0 Å². The summed E-state index contributed by atoms with van der Waals surface area (Å²) in [4.78, 5) is 15.1. The van der Waals surface area contributed by atoms with Crippen molar-refractivity contribution >= 4 is 27.5 Å². The Morgan fingerprint density at radius 1 is 1.64 bits per heavy atom. The highest BCUT2D eigenvalue weighted by atomic mass is 79.9. The molecule has 1 heterocycles. The zero-order chi connectivity index (χ0) is 10.6. The maximum Gasteiger partial charge on any atom is 0.300 e. The highest BCUT2D eigenvalue weighted by molar-refractivity contribution is 9.10. The Labute approximate surface area is 91.1 Å². The first-order valence-corrected chi connectivity index (χ1v) is 4.78. The Morgan fingerprint density at radius 2 is 2.36 bits per heavy atom. The Hall–Kier alpha value is -1.34. The second-order valence-electron chi connectivity index (χ2n) is 2.66. The van der Waals surface area contributed by atoms with Gasteiger partial charge < -0.3 is 5.32 Å². The number of nitrogens with one attached hydrogen (secondary N) is 1. The molecular formula is C10H9BrN2O. The van der Waals surface area contributed by atoms with Gasteiger partial charge in [0.25, 0.3) is 5.91 Å². The highest BCUT2D eigenvalue weighted by Crippen LogP contribution is 2.16. The number of anilines is 1. The van der Waals surface area contributed by atoms with Crippen LogP contribution in [0.1, 0.15) is 12.5 Å². The van der Waals surface area contributed by atoms with E-state index in [1.54, 1.807) is 13.1 Å². The predicted octanol–water partition coefficient (Wildman–Crippen LogP) is 2.11. The molecule has 1 amide bonds. The quantitative estimate of drug-likeness (QED) is 0.615. The molecule has 0 bridgehead atoms. The van der Waals surface area contributed by atoms with Crippen LogP contribution in [-0.4, -0.2) is 10.9 Å². The second-order valence-corrected chi connectivity index (χ2v) is 3.41. The van der Waals surface area contributed by atoms with E-state index in [0.29, 0.717) is 5.69 Å². The van der Waals surface area contributed by atoms with Crippen molar-refractivity contribution in [1.29, 1.82) is 0 Å². The monoisotopic (exact) mass is 252 g/mol. The van der Waals surface area contributed by atoms with Gasteiger partial charge in [-0.1, -0.05) is 5.92 Å². The standard InChI is InChI=1S/C10H9BrN2O/c1-3-4-9(14)13-8-5-7(2)10(11)12-6-8/h5-6H,1-2H3,(H,13,14). The molecule has 4 heteroatoms. The molecule has 0 saturated heterocycles. The fourth-order valence-corrected chi connectivity index (χ4v) is 1.12. The number of pyridine rings is 1. The lowest BCUT2D eigenvalue weighted by Crippen LogP contribution is -2.08. The molecule has 0 aliphatic rings. The minimum Gasteiger partial charge on any atom is -0.314 e. The second kappa shape index (κ2) is 4.77. The van der Waals surface area contributed by atoms with Crippen LogP contribution in [0.25, 0.3) is 0 Å². The lowest BCUT2D eigenvalue weighted by Gasteiger charge is -2.02. The number of hydrogen-bond donors (Lipinski definition) is 1. The van der Waals surface area contributed by atoms with Gasteiger partial charge in [0.05, 0.1) is 11.9 Å². The number of halogens is 1. The number of hydrogen-bond acceptors (Lipinski definition) is 2. The summed E-state index contributed by atoms with van der Waals surface area (Å²) in [6, 6.07) is 1.83. The Morgan fingerprint density at radius 3 is 2.93 bits per heavy atom. The summed E-state index contributed by atoms with van der Waals surface area (Å²) >= 11 is 3.27. The van der Waals surface area contributed by atoms with Crippen LogP contribution in [0.5, 0.6) is 0 Å². The Bertz CT molecular complexity index is 418. The molecule has 72 valence electrons. The lowest BCUT2D eigenvalue weighted by atomic mass is 10.3. The lowest BCUT2D eigenvalue weighted by molar-refractivity contribution is -0.111. The number of amides is 1. The largest absolute Gasteiger partial charge is 0.314 e. The van der Waals surface area contributed by atoms with Crippen LogP contribution in [0.15, 0.2) is 16.9 Å². The van der Waals surface area contributed by atoms with E-state index in [1.807, 2.05) is 13.0 Å². The molecule has 0 aromatic carbocycles. The van der Waals surface area contributed by atoms with Gasteiger partial charge in [0.2, 0.25) is 0 Å². The van der Waals surface area contributed by atoms with E-state index >= 15 is 0 Å². The fourth-order valence-electron chi connectivity index (χ4n) is 0.902. The molecule has 3 nitrogen and oxygen atoms in total. The van der Waals surface area contributed by atoms with E-state index in [-0.39, 0.29) is 5.91 Å². The summed E-state index contributed by atoms with van der Waals surface area (Å²) in [5.41, 5.74) is 1.62. The highest BCUT2D eigenvalue weighted by Gasteiger charge is 2.00. The molecule has 0 aliphatic heterocycles. The molecule has 0 spiro atoms. The van der Waals surface area contributed by atoms with Crippen LogP contribution in [0.4, 0.5) is 5.69 Å². The Balaban J connectivity index is 2.81. The minimum absolute atomic E-state index is 0.323. The van der Waals surface area contributed by atoms with Crippen molar-refractivity contribution < 1.29 is 4.79 Å². The third-order valence-corrected chi connectivity index (χ3v) is 2.34. The molecule has 0 atom stereocenters. The van der Waals surface area contributed by atoms with E-state index in [4.69, 9.17) is 0 Å². The molecular weight excluding hydrogens is 244 g/mol. The summed E-state index contributed by atoms with van der Waals surface area (Å²) < 4.78 is 0.775. The van der Waals surface area contributed by atoms with E-state index in [0.717, 1.165) is 10.2 Å². The van der Waals surface area contributed by atoms with E-state index in [9.17, 15) is 4.79 Å². The molecule has 1 aromatic heterocycles. The van der Waals surface area contributed by atoms with Crippen molar-refractivity contribution in [3.8, 4) is 11.8 Å². The van der Waals surface area contributed by atoms with Crippen LogP contribution in [0.3, 0.4) is 0 Å². The van der Waals surface area contributed by atoms with Crippen molar-refractivity contribution in [1.82, 2.24) is 4.98 Å². The first-order chi connectivity index (χ1) is 6.63. The average molecular weight is 253 g/mol. The van der Waals surface area contributed by atoms with Crippen molar-refractivity contribution in [3.05, 3.63) is 22.4 Å². The topological polar surface area (TPSA) is 42.0 Å². The van der Waals surface area contributed by atoms with Gasteiger partial charge in [-0.3, -0.25) is 4.79 Å². The van der Waals surface area contributed by atoms with Crippen molar-refractivity contribution in [3.63, 3.8) is 0 Å². The van der Waals surface area contributed by atoms with Crippen LogP contribution >= 0.6 is 15.9 Å². The third-order valence-electron chi connectivity index (χ3n) is 1.51. The number of aromatic nitrogens is 1. The minimum atomic E-state index is -0.323. The van der Waals surface area contributed by atoms with Crippen molar-refractivity contribution in [2.45, 2.75) is 13.8 Å². The van der Waals surface area contributed by atoms with E-state index in [2.05, 4.69) is 38.1 Å². The maximum atomic E-state index is 11.1. The van der Waals surface area contributed by atoms with Gasteiger partial charge >= 0.3 is 0 Å². The average Bonchev–Trinajstić information content (AvgIpc) is 2.12. The third kappa shape index (κ3) is 2.86. The van der Waals surface area contributed by atoms with E-state index in [1.165, 1.54) is 0 Å². The smallest absolute Gasteiger partial charge is 0.300 e. The van der Waals surface area contributed by atoms with E-state index < -0.39 is 0 Å². The SMILES string of the molecule is CC#CC(=O)Nc1cnc(Br)c(C)c1. The number of rotatable bonds is 1. The number of aryl methyl sites for hydroxylation is 1. The summed E-state index contributed by atoms with van der Waals surface area (Å²) in [5, 5.41) is 2.62. The maximum absolute atomic E-state index is 11.1. The molecule has 0 aliphatic carbocycles. The van der Waals surface area contributed by atoms with Gasteiger partial charge in [-0.2, -0.15) is 0 Å². The van der Waals surface area contributed by atoms with Gasteiger partial charge in [0.1, 0.15) is 4.60 Å². The number of carbonyl (C=O) groups is 1. The first-order valence-electron chi connectivity index (χ1n) is 3.99. The summed E-state index contributed by atoms with van der Waals surface area (Å²) in [6.45, 7) is 3.52.